The van der Waals surface area contributed by atoms with Gasteiger partial charge in [0.2, 0.25) is 15.9 Å². The Morgan fingerprint density at radius 1 is 1.12 bits per heavy atom. The number of hydrogen-bond donors (Lipinski definition) is 1. The van der Waals surface area contributed by atoms with E-state index in [1.165, 1.54) is 29.6 Å². The van der Waals surface area contributed by atoms with Crippen molar-refractivity contribution in [2.24, 2.45) is 5.92 Å². The summed E-state index contributed by atoms with van der Waals surface area (Å²) in [5, 5.41) is 13.7. The zero-order chi connectivity index (χ0) is 23.6. The highest BCUT2D eigenvalue weighted by molar-refractivity contribution is 7.89. The van der Waals surface area contributed by atoms with Crippen LogP contribution in [-0.4, -0.2) is 43.8 Å². The van der Waals surface area contributed by atoms with Crippen LogP contribution < -0.4 is 10.1 Å². The highest BCUT2D eigenvalue weighted by Gasteiger charge is 2.34. The Kier molecular flexibility index (Phi) is 6.85. The van der Waals surface area contributed by atoms with Gasteiger partial charge in [0, 0.05) is 31.1 Å². The second-order valence-corrected chi connectivity index (χ2v) is 9.91. The van der Waals surface area contributed by atoms with Crippen molar-refractivity contribution in [2.45, 2.75) is 38.5 Å². The van der Waals surface area contributed by atoms with E-state index in [4.69, 9.17) is 4.74 Å². The zero-order valence-electron chi connectivity index (χ0n) is 18.5. The fourth-order valence-electron chi connectivity index (χ4n) is 4.20. The minimum atomic E-state index is -3.67. The average Bonchev–Trinajstić information content (AvgIpc) is 2.72. The molecule has 1 N–H and O–H groups in total. The van der Waals surface area contributed by atoms with Gasteiger partial charge in [-0.15, -0.1) is 0 Å². The SMILES string of the molecule is COc1ccc([N+](=O)[O-])cc1NC(=O)C1CCN(S(=O)(=O)c2c(C)cc(C)cc2C)CC1. The maximum absolute atomic E-state index is 13.2. The van der Waals surface area contributed by atoms with E-state index < -0.39 is 20.9 Å². The summed E-state index contributed by atoms with van der Waals surface area (Å²) in [4.78, 5) is 23.6. The van der Waals surface area contributed by atoms with E-state index in [0.29, 0.717) is 34.6 Å². The van der Waals surface area contributed by atoms with E-state index in [1.807, 2.05) is 19.1 Å². The number of aryl methyl sites for hydroxylation is 3. The first-order valence-electron chi connectivity index (χ1n) is 10.3. The first kappa shape index (κ1) is 23.7. The molecule has 1 fully saturated rings. The Balaban J connectivity index is 1.72. The Morgan fingerprint density at radius 3 is 2.25 bits per heavy atom. The van der Waals surface area contributed by atoms with E-state index in [9.17, 15) is 23.3 Å². The van der Waals surface area contributed by atoms with Crippen LogP contribution in [-0.2, 0) is 14.8 Å². The molecule has 0 spiro atoms. The molecule has 1 aliphatic rings. The van der Waals surface area contributed by atoms with Gasteiger partial charge in [0.25, 0.3) is 5.69 Å². The molecule has 1 aliphatic heterocycles. The fourth-order valence-corrected chi connectivity index (χ4v) is 6.08. The van der Waals surface area contributed by atoms with E-state index in [0.717, 1.165) is 5.56 Å². The number of nitrogens with zero attached hydrogens (tertiary/aromatic N) is 2. The van der Waals surface area contributed by atoms with Gasteiger partial charge in [-0.2, -0.15) is 4.31 Å². The molecular weight excluding hydrogens is 434 g/mol. The molecule has 0 unspecified atom stereocenters. The molecule has 0 bridgehead atoms. The smallest absolute Gasteiger partial charge is 0.271 e. The molecule has 172 valence electrons. The molecule has 2 aromatic carbocycles. The number of nitro benzene ring substituents is 1. The van der Waals surface area contributed by atoms with E-state index in [2.05, 4.69) is 5.32 Å². The minimum Gasteiger partial charge on any atom is -0.495 e. The Labute approximate surface area is 187 Å². The highest BCUT2D eigenvalue weighted by atomic mass is 32.2. The molecule has 9 nitrogen and oxygen atoms in total. The van der Waals surface area contributed by atoms with Crippen LogP contribution in [0.1, 0.15) is 29.5 Å². The summed E-state index contributed by atoms with van der Waals surface area (Å²) < 4.78 is 33.1. The molecule has 0 saturated carbocycles. The number of amides is 1. The predicted octanol–water partition coefficient (Wildman–Crippen LogP) is 3.57. The van der Waals surface area contributed by atoms with Crippen molar-refractivity contribution in [1.82, 2.24) is 4.31 Å². The maximum Gasteiger partial charge on any atom is 0.271 e. The minimum absolute atomic E-state index is 0.161. The molecule has 0 atom stereocenters. The largest absolute Gasteiger partial charge is 0.495 e. The lowest BCUT2D eigenvalue weighted by Crippen LogP contribution is -2.41. The van der Waals surface area contributed by atoms with Gasteiger partial charge in [-0.3, -0.25) is 14.9 Å². The third-order valence-electron chi connectivity index (χ3n) is 5.68. The molecule has 2 aromatic rings. The molecular formula is C22H27N3O6S. The highest BCUT2D eigenvalue weighted by Crippen LogP contribution is 2.32. The number of carbonyl (C=O) groups is 1. The van der Waals surface area contributed by atoms with Gasteiger partial charge in [0.15, 0.2) is 0 Å². The summed E-state index contributed by atoms with van der Waals surface area (Å²) in [6, 6.07) is 7.68. The third kappa shape index (κ3) is 4.76. The number of sulfonamides is 1. The number of rotatable bonds is 6. The molecule has 3 rings (SSSR count). The molecule has 0 aliphatic carbocycles. The fraction of sp³-hybridized carbons (Fsp3) is 0.409. The number of nitro groups is 1. The van der Waals surface area contributed by atoms with Crippen LogP contribution in [0, 0.1) is 36.8 Å². The van der Waals surface area contributed by atoms with Gasteiger partial charge in [-0.25, -0.2) is 8.42 Å². The summed E-state index contributed by atoms with van der Waals surface area (Å²) in [7, 11) is -2.26. The van der Waals surface area contributed by atoms with Crippen molar-refractivity contribution in [1.29, 1.82) is 0 Å². The monoisotopic (exact) mass is 461 g/mol. The van der Waals surface area contributed by atoms with Crippen molar-refractivity contribution >= 4 is 27.3 Å². The molecule has 32 heavy (non-hydrogen) atoms. The Bertz CT molecular complexity index is 1130. The summed E-state index contributed by atoms with van der Waals surface area (Å²) in [6.07, 6.45) is 0.707. The standard InChI is InChI=1S/C22H27N3O6S/c1-14-11-15(2)21(16(3)12-14)32(29,30)24-9-7-17(8-10-24)22(26)23-19-13-18(25(27)28)5-6-20(19)31-4/h5-6,11-13,17H,7-10H2,1-4H3,(H,23,26). The van der Waals surface area contributed by atoms with Crippen molar-refractivity contribution < 1.29 is 22.9 Å². The van der Waals surface area contributed by atoms with E-state index in [1.54, 1.807) is 13.8 Å². The first-order valence-corrected chi connectivity index (χ1v) is 11.7. The number of hydrogen-bond acceptors (Lipinski definition) is 6. The van der Waals surface area contributed by atoms with Crippen LogP contribution in [0.3, 0.4) is 0 Å². The maximum atomic E-state index is 13.2. The lowest BCUT2D eigenvalue weighted by atomic mass is 9.97. The van der Waals surface area contributed by atoms with Gasteiger partial charge in [0.1, 0.15) is 5.75 Å². The quantitative estimate of drug-likeness (QED) is 0.519. The normalized spacial score (nSPS) is 15.4. The zero-order valence-corrected chi connectivity index (χ0v) is 19.4. The Morgan fingerprint density at radius 2 is 1.72 bits per heavy atom. The first-order chi connectivity index (χ1) is 15.0. The lowest BCUT2D eigenvalue weighted by molar-refractivity contribution is -0.384. The molecule has 1 saturated heterocycles. The molecule has 0 aromatic heterocycles. The number of ether oxygens (including phenoxy) is 1. The predicted molar refractivity (Wildman–Crippen MR) is 120 cm³/mol. The van der Waals surface area contributed by atoms with Gasteiger partial charge < -0.3 is 10.1 Å². The number of non-ortho nitro benzene ring substituents is 1. The number of anilines is 1. The lowest BCUT2D eigenvalue weighted by Gasteiger charge is -2.31. The topological polar surface area (TPSA) is 119 Å². The van der Waals surface area contributed by atoms with E-state index >= 15 is 0 Å². The molecule has 0 radical (unpaired) electrons. The van der Waals surface area contributed by atoms with Gasteiger partial charge in [-0.1, -0.05) is 17.7 Å². The molecule has 10 heteroatoms. The molecule has 1 amide bonds. The van der Waals surface area contributed by atoms with Gasteiger partial charge in [-0.05, 0) is 50.8 Å². The van der Waals surface area contributed by atoms with Crippen LogP contribution >= 0.6 is 0 Å². The number of benzene rings is 2. The Hall–Kier alpha value is -2.98. The van der Waals surface area contributed by atoms with Gasteiger partial charge >= 0.3 is 0 Å². The van der Waals surface area contributed by atoms with Crippen molar-refractivity contribution in [3.05, 3.63) is 57.1 Å². The van der Waals surface area contributed by atoms with Crippen LogP contribution in [0.2, 0.25) is 0 Å². The van der Waals surface area contributed by atoms with Crippen molar-refractivity contribution in [3.8, 4) is 5.75 Å². The van der Waals surface area contributed by atoms with Crippen LogP contribution in [0.15, 0.2) is 35.2 Å². The van der Waals surface area contributed by atoms with Crippen LogP contribution in [0.4, 0.5) is 11.4 Å². The average molecular weight is 462 g/mol. The van der Waals surface area contributed by atoms with Crippen LogP contribution in [0.25, 0.3) is 0 Å². The summed E-state index contributed by atoms with van der Waals surface area (Å²) in [6.45, 7) is 5.95. The second-order valence-electron chi connectivity index (χ2n) is 8.04. The molecule has 1 heterocycles. The van der Waals surface area contributed by atoms with E-state index in [-0.39, 0.29) is 30.4 Å². The van der Waals surface area contributed by atoms with Crippen LogP contribution in [0.5, 0.6) is 5.75 Å². The van der Waals surface area contributed by atoms with Crippen molar-refractivity contribution in [2.75, 3.05) is 25.5 Å². The number of methoxy groups -OCH3 is 1. The van der Waals surface area contributed by atoms with Gasteiger partial charge in [0.05, 0.1) is 22.6 Å². The number of nitrogens with one attached hydrogen (secondary N) is 1. The summed E-state index contributed by atoms with van der Waals surface area (Å²) >= 11 is 0. The third-order valence-corrected chi connectivity index (χ3v) is 7.88. The second kappa shape index (κ2) is 9.25. The summed E-state index contributed by atoms with van der Waals surface area (Å²) in [5.41, 5.74) is 2.48. The number of piperidine rings is 1. The summed E-state index contributed by atoms with van der Waals surface area (Å²) in [5.74, 6) is -0.413. The van der Waals surface area contributed by atoms with Crippen molar-refractivity contribution in [3.63, 3.8) is 0 Å². The number of carbonyl (C=O) groups excluding carboxylic acids is 1.